The average Bonchev–Trinajstić information content (AvgIpc) is 2.64. The third-order valence-corrected chi connectivity index (χ3v) is 4.63. The van der Waals surface area contributed by atoms with Gasteiger partial charge in [-0.15, -0.1) is 11.8 Å². The second kappa shape index (κ2) is 9.27. The number of hydrogen-bond donors (Lipinski definition) is 1. The van der Waals surface area contributed by atoms with Crippen molar-refractivity contribution < 1.29 is 28.0 Å². The van der Waals surface area contributed by atoms with Crippen LogP contribution in [0, 0.1) is 21.7 Å². The first kappa shape index (κ1) is 21.3. The van der Waals surface area contributed by atoms with Crippen molar-refractivity contribution >= 4 is 35.0 Å². The predicted molar refractivity (Wildman–Crippen MR) is 99.0 cm³/mol. The highest BCUT2D eigenvalue weighted by Crippen LogP contribution is 2.26. The number of esters is 1. The van der Waals surface area contributed by atoms with Crippen LogP contribution in [0.1, 0.15) is 13.8 Å². The third-order valence-electron chi connectivity index (χ3n) is 3.54. The molecule has 2 aromatic carbocycles. The van der Waals surface area contributed by atoms with Gasteiger partial charge >= 0.3 is 5.97 Å². The molecule has 0 aliphatic carbocycles. The number of nitro benzene ring substituents is 1. The fraction of sp³-hybridized carbons (Fsp3) is 0.222. The fourth-order valence-electron chi connectivity index (χ4n) is 2.05. The first-order valence-electron chi connectivity index (χ1n) is 8.05. The van der Waals surface area contributed by atoms with Crippen molar-refractivity contribution in [3.63, 3.8) is 0 Å². The normalized spacial score (nSPS) is 12.7. The van der Waals surface area contributed by atoms with E-state index in [1.807, 2.05) is 0 Å². The van der Waals surface area contributed by atoms with Gasteiger partial charge in [0.2, 0.25) is 0 Å². The quantitative estimate of drug-likeness (QED) is 0.321. The largest absolute Gasteiger partial charge is 0.452 e. The van der Waals surface area contributed by atoms with Crippen LogP contribution in [0.4, 0.5) is 20.2 Å². The summed E-state index contributed by atoms with van der Waals surface area (Å²) in [5.74, 6) is -3.07. The zero-order valence-corrected chi connectivity index (χ0v) is 15.7. The van der Waals surface area contributed by atoms with Crippen LogP contribution in [0.15, 0.2) is 47.4 Å². The smallest absolute Gasteiger partial charge is 0.319 e. The number of carbonyl (C=O) groups is 2. The van der Waals surface area contributed by atoms with Gasteiger partial charge in [-0.3, -0.25) is 19.7 Å². The summed E-state index contributed by atoms with van der Waals surface area (Å²) in [7, 11) is 0. The van der Waals surface area contributed by atoms with E-state index in [2.05, 4.69) is 5.32 Å². The molecule has 28 heavy (non-hydrogen) atoms. The highest BCUT2D eigenvalue weighted by atomic mass is 32.2. The van der Waals surface area contributed by atoms with E-state index in [1.54, 1.807) is 6.92 Å². The van der Waals surface area contributed by atoms with Crippen molar-refractivity contribution in [3.8, 4) is 0 Å². The zero-order valence-electron chi connectivity index (χ0n) is 14.8. The molecule has 0 aliphatic heterocycles. The standard InChI is InChI=1S/C18H16F2N2O5S/c1-10(17(23)21-16-9-12(19)3-8-15(16)20)27-18(24)11(2)28-14-6-4-13(5-7-14)22(25)26/h3-11H,1-2H3,(H,21,23)/t10-,11-/m0/s1. The average molecular weight is 410 g/mol. The minimum Gasteiger partial charge on any atom is -0.452 e. The van der Waals surface area contributed by atoms with E-state index in [9.17, 15) is 28.5 Å². The van der Waals surface area contributed by atoms with E-state index in [1.165, 1.54) is 31.2 Å². The van der Waals surface area contributed by atoms with Crippen molar-refractivity contribution in [1.29, 1.82) is 0 Å². The molecule has 0 heterocycles. The van der Waals surface area contributed by atoms with E-state index in [0.29, 0.717) is 4.90 Å². The first-order valence-corrected chi connectivity index (χ1v) is 8.93. The first-order chi connectivity index (χ1) is 13.2. The summed E-state index contributed by atoms with van der Waals surface area (Å²) in [5.41, 5.74) is -0.435. The number of amides is 1. The number of non-ortho nitro benzene ring substituents is 1. The third kappa shape index (κ3) is 5.74. The molecule has 0 fully saturated rings. The SMILES string of the molecule is C[C@H](OC(=O)[C@H](C)Sc1ccc([N+](=O)[O-])cc1)C(=O)Nc1cc(F)ccc1F. The highest BCUT2D eigenvalue weighted by Gasteiger charge is 2.23. The number of ether oxygens (including phenoxy) is 1. The van der Waals surface area contributed by atoms with Crippen LogP contribution in [0.3, 0.4) is 0 Å². The number of rotatable bonds is 7. The molecule has 1 amide bonds. The van der Waals surface area contributed by atoms with Crippen molar-refractivity contribution in [3.05, 3.63) is 64.2 Å². The minimum atomic E-state index is -1.24. The monoisotopic (exact) mass is 410 g/mol. The van der Waals surface area contributed by atoms with Gasteiger partial charge in [-0.2, -0.15) is 0 Å². The Kier molecular flexibility index (Phi) is 7.05. The van der Waals surface area contributed by atoms with Crippen LogP contribution in [-0.4, -0.2) is 28.2 Å². The maximum Gasteiger partial charge on any atom is 0.319 e. The van der Waals surface area contributed by atoms with E-state index in [0.717, 1.165) is 30.0 Å². The molecule has 10 heteroatoms. The lowest BCUT2D eigenvalue weighted by Crippen LogP contribution is -2.32. The van der Waals surface area contributed by atoms with E-state index < -0.39 is 39.8 Å². The lowest BCUT2D eigenvalue weighted by Gasteiger charge is -2.16. The van der Waals surface area contributed by atoms with Gasteiger partial charge in [0.15, 0.2) is 6.10 Å². The van der Waals surface area contributed by atoms with Gasteiger partial charge in [-0.1, -0.05) is 0 Å². The number of hydrogen-bond acceptors (Lipinski definition) is 6. The lowest BCUT2D eigenvalue weighted by molar-refractivity contribution is -0.384. The Morgan fingerprint density at radius 2 is 1.79 bits per heavy atom. The summed E-state index contributed by atoms with van der Waals surface area (Å²) in [6.45, 7) is 2.85. The predicted octanol–water partition coefficient (Wildman–Crippen LogP) is 3.92. The molecule has 0 aromatic heterocycles. The minimum absolute atomic E-state index is 0.0746. The van der Waals surface area contributed by atoms with E-state index >= 15 is 0 Å². The Morgan fingerprint density at radius 3 is 2.39 bits per heavy atom. The molecule has 0 saturated heterocycles. The highest BCUT2D eigenvalue weighted by molar-refractivity contribution is 8.00. The molecule has 0 spiro atoms. The second-order valence-corrected chi connectivity index (χ2v) is 7.12. The number of nitrogens with zero attached hydrogens (tertiary/aromatic N) is 1. The topological polar surface area (TPSA) is 98.5 Å². The molecule has 0 aliphatic rings. The Bertz CT molecular complexity index is 892. The molecular formula is C18H16F2N2O5S. The van der Waals surface area contributed by atoms with Gasteiger partial charge < -0.3 is 10.1 Å². The number of halogens is 2. The van der Waals surface area contributed by atoms with Crippen molar-refractivity contribution in [2.45, 2.75) is 30.1 Å². The molecule has 0 radical (unpaired) electrons. The molecule has 0 bridgehead atoms. The molecule has 148 valence electrons. The number of thioether (sulfide) groups is 1. The van der Waals surface area contributed by atoms with Crippen LogP contribution >= 0.6 is 11.8 Å². The van der Waals surface area contributed by atoms with Gasteiger partial charge in [-0.05, 0) is 38.1 Å². The molecule has 0 saturated carbocycles. The summed E-state index contributed by atoms with van der Waals surface area (Å²) < 4.78 is 31.8. The Morgan fingerprint density at radius 1 is 1.14 bits per heavy atom. The maximum absolute atomic E-state index is 13.6. The number of nitrogens with one attached hydrogen (secondary N) is 1. The van der Waals surface area contributed by atoms with Gasteiger partial charge in [0.1, 0.15) is 16.9 Å². The molecule has 7 nitrogen and oxygen atoms in total. The fourth-order valence-corrected chi connectivity index (χ4v) is 2.90. The van der Waals surface area contributed by atoms with Crippen LogP contribution < -0.4 is 5.32 Å². The van der Waals surface area contributed by atoms with Crippen LogP contribution in [-0.2, 0) is 14.3 Å². The van der Waals surface area contributed by atoms with Gasteiger partial charge in [0, 0.05) is 23.1 Å². The van der Waals surface area contributed by atoms with Gasteiger partial charge in [0.05, 0.1) is 10.6 Å². The maximum atomic E-state index is 13.6. The molecule has 2 rings (SSSR count). The summed E-state index contributed by atoms with van der Waals surface area (Å²) in [6.07, 6.45) is -1.24. The van der Waals surface area contributed by atoms with Crippen molar-refractivity contribution in [2.75, 3.05) is 5.32 Å². The summed E-state index contributed by atoms with van der Waals surface area (Å²) in [5, 5.41) is 12.1. The number of nitro groups is 1. The van der Waals surface area contributed by atoms with Gasteiger partial charge in [0.25, 0.3) is 11.6 Å². The summed E-state index contributed by atoms with van der Waals surface area (Å²) in [6, 6.07) is 8.20. The number of anilines is 1. The zero-order chi connectivity index (χ0) is 20.8. The molecule has 1 N–H and O–H groups in total. The second-order valence-electron chi connectivity index (χ2n) is 5.70. The van der Waals surface area contributed by atoms with Gasteiger partial charge in [-0.25, -0.2) is 8.78 Å². The summed E-state index contributed by atoms with van der Waals surface area (Å²) in [4.78, 5) is 34.9. The van der Waals surface area contributed by atoms with Crippen LogP contribution in [0.25, 0.3) is 0 Å². The van der Waals surface area contributed by atoms with Crippen LogP contribution in [0.5, 0.6) is 0 Å². The Labute approximate surface area is 163 Å². The van der Waals surface area contributed by atoms with Crippen LogP contribution in [0.2, 0.25) is 0 Å². The molecule has 0 unspecified atom stereocenters. The lowest BCUT2D eigenvalue weighted by atomic mass is 10.2. The molecular weight excluding hydrogens is 394 g/mol. The van der Waals surface area contributed by atoms with E-state index in [4.69, 9.17) is 4.74 Å². The summed E-state index contributed by atoms with van der Waals surface area (Å²) >= 11 is 1.10. The Hall–Kier alpha value is -3.01. The Balaban J connectivity index is 1.92. The van der Waals surface area contributed by atoms with E-state index in [-0.39, 0.29) is 11.4 Å². The molecule has 2 aromatic rings. The number of carbonyl (C=O) groups excluding carboxylic acids is 2. The molecule has 2 atom stereocenters. The van der Waals surface area contributed by atoms with Crippen molar-refractivity contribution in [2.24, 2.45) is 0 Å². The number of benzene rings is 2. The van der Waals surface area contributed by atoms with Crippen molar-refractivity contribution in [1.82, 2.24) is 0 Å².